The maximum atomic E-state index is 13.9. The van der Waals surface area contributed by atoms with E-state index in [-0.39, 0.29) is 30.7 Å². The molecule has 3 atom stereocenters. The molecule has 3 aromatic rings. The standard InChI is InChI=1S/C38H47N5O6/c1-6-19-40-34(44)33-31(35(45)43(33)36(46)41-21-10-13-29(25-41)28-11-8-7-9-12-28)22-27-18-20-39-32(23-27)42(37(47)49-38(2,3)4)24-26-14-16-30(48-5)17-15-26/h7-9,11-12,14-18,20,23,29,31,33H,6,10,13,19,21-22,24-25H2,1-5H3,(H,40,44)/t29-,31-,33+/m1/s1. The van der Waals surface area contributed by atoms with Crippen LogP contribution in [0.3, 0.4) is 0 Å². The predicted octanol–water partition coefficient (Wildman–Crippen LogP) is 5.93. The molecule has 0 radical (unpaired) electrons. The number of imide groups is 1. The zero-order valence-corrected chi connectivity index (χ0v) is 29.1. The topological polar surface area (TPSA) is 121 Å². The Kier molecular flexibility index (Phi) is 11.2. The van der Waals surface area contributed by atoms with E-state index in [1.54, 1.807) is 51.1 Å². The number of hydrogen-bond acceptors (Lipinski definition) is 7. The number of nitrogens with zero attached hydrogens (tertiary/aromatic N) is 4. The zero-order valence-electron chi connectivity index (χ0n) is 29.1. The van der Waals surface area contributed by atoms with E-state index in [0.717, 1.165) is 35.3 Å². The lowest BCUT2D eigenvalue weighted by molar-refractivity contribution is -0.158. The summed E-state index contributed by atoms with van der Waals surface area (Å²) in [6.07, 6.45) is 3.68. The molecule has 2 aliphatic rings. The number of hydrogen-bond donors (Lipinski definition) is 1. The van der Waals surface area contributed by atoms with Gasteiger partial charge in [-0.15, -0.1) is 0 Å². The highest BCUT2D eigenvalue weighted by Gasteiger charge is 2.55. The number of carbonyl (C=O) groups is 4. The number of benzene rings is 2. The van der Waals surface area contributed by atoms with Gasteiger partial charge in [-0.2, -0.15) is 0 Å². The molecule has 0 aliphatic carbocycles. The molecule has 11 nitrogen and oxygen atoms in total. The Balaban J connectivity index is 1.36. The van der Waals surface area contributed by atoms with Crippen LogP contribution in [-0.4, -0.2) is 77.1 Å². The molecule has 5 rings (SSSR count). The van der Waals surface area contributed by atoms with E-state index in [0.29, 0.717) is 36.8 Å². The molecule has 0 unspecified atom stereocenters. The van der Waals surface area contributed by atoms with Crippen molar-refractivity contribution in [3.05, 3.63) is 89.6 Å². The number of aromatic nitrogens is 1. The number of carbonyl (C=O) groups excluding carboxylic acids is 4. The lowest BCUT2D eigenvalue weighted by Gasteiger charge is -2.47. The smallest absolute Gasteiger partial charge is 0.416 e. The van der Waals surface area contributed by atoms with E-state index in [4.69, 9.17) is 9.47 Å². The predicted molar refractivity (Wildman–Crippen MR) is 186 cm³/mol. The molecular weight excluding hydrogens is 622 g/mol. The zero-order chi connectivity index (χ0) is 35.1. The Morgan fingerprint density at radius 3 is 2.43 bits per heavy atom. The number of β-lactam (4-membered cyclic amide) rings is 1. The van der Waals surface area contributed by atoms with Crippen LogP contribution in [0.2, 0.25) is 0 Å². The number of amides is 5. The van der Waals surface area contributed by atoms with Crippen LogP contribution >= 0.6 is 0 Å². The van der Waals surface area contributed by atoms with Gasteiger partial charge in [-0.1, -0.05) is 49.4 Å². The first-order valence-corrected chi connectivity index (χ1v) is 17.0. The Labute approximate surface area is 288 Å². The minimum Gasteiger partial charge on any atom is -0.497 e. The first kappa shape index (κ1) is 35.4. The largest absolute Gasteiger partial charge is 0.497 e. The van der Waals surface area contributed by atoms with Gasteiger partial charge in [0.15, 0.2) is 0 Å². The van der Waals surface area contributed by atoms with Crippen LogP contribution in [0.15, 0.2) is 72.9 Å². The first-order valence-electron chi connectivity index (χ1n) is 17.0. The summed E-state index contributed by atoms with van der Waals surface area (Å²) in [5, 5.41) is 2.90. The summed E-state index contributed by atoms with van der Waals surface area (Å²) in [6, 6.07) is 19.6. The van der Waals surface area contributed by atoms with Crippen molar-refractivity contribution < 1.29 is 28.7 Å². The molecule has 2 saturated heterocycles. The van der Waals surface area contributed by atoms with Crippen molar-refractivity contribution in [1.29, 1.82) is 0 Å². The number of piperidine rings is 1. The molecule has 11 heteroatoms. The molecule has 49 heavy (non-hydrogen) atoms. The van der Waals surface area contributed by atoms with Crippen molar-refractivity contribution in [2.75, 3.05) is 31.6 Å². The highest BCUT2D eigenvalue weighted by atomic mass is 16.6. The van der Waals surface area contributed by atoms with Crippen LogP contribution < -0.4 is 15.0 Å². The number of methoxy groups -OCH3 is 1. The van der Waals surface area contributed by atoms with Crippen LogP contribution in [0, 0.1) is 5.92 Å². The molecular formula is C38H47N5O6. The van der Waals surface area contributed by atoms with E-state index < -0.39 is 29.7 Å². The van der Waals surface area contributed by atoms with Crippen molar-refractivity contribution in [2.24, 2.45) is 5.92 Å². The summed E-state index contributed by atoms with van der Waals surface area (Å²) in [4.78, 5) is 63.3. The van der Waals surface area contributed by atoms with Crippen LogP contribution in [0.25, 0.3) is 0 Å². The number of ether oxygens (including phenoxy) is 2. The van der Waals surface area contributed by atoms with E-state index in [9.17, 15) is 19.2 Å². The molecule has 0 spiro atoms. The Morgan fingerprint density at radius 2 is 1.76 bits per heavy atom. The number of anilines is 1. The van der Waals surface area contributed by atoms with Crippen LogP contribution in [0.4, 0.5) is 15.4 Å². The molecule has 5 amide bonds. The van der Waals surface area contributed by atoms with E-state index >= 15 is 0 Å². The summed E-state index contributed by atoms with van der Waals surface area (Å²) in [7, 11) is 1.59. The van der Waals surface area contributed by atoms with Gasteiger partial charge in [0.25, 0.3) is 0 Å². The van der Waals surface area contributed by atoms with Crippen molar-refractivity contribution in [1.82, 2.24) is 20.1 Å². The molecule has 1 N–H and O–H groups in total. The Hall–Kier alpha value is -4.93. The SMILES string of the molecule is CCCNC(=O)[C@@H]1[C@@H](Cc2ccnc(N(Cc3ccc(OC)cc3)C(=O)OC(C)(C)C)c2)C(=O)N1C(=O)N1CCC[C@@H](c2ccccc2)C1. The number of nitrogens with one attached hydrogen (secondary N) is 1. The molecule has 0 bridgehead atoms. The first-order chi connectivity index (χ1) is 23.5. The average molecular weight is 670 g/mol. The molecule has 2 aliphatic heterocycles. The van der Waals surface area contributed by atoms with E-state index in [1.807, 2.05) is 49.4 Å². The van der Waals surface area contributed by atoms with Gasteiger partial charge in [-0.05, 0) is 87.4 Å². The number of urea groups is 1. The highest BCUT2D eigenvalue weighted by molar-refractivity contribution is 6.09. The average Bonchev–Trinajstić information content (AvgIpc) is 3.10. The Bertz CT molecular complexity index is 1620. The fourth-order valence-corrected chi connectivity index (χ4v) is 6.37. The summed E-state index contributed by atoms with van der Waals surface area (Å²) in [5.74, 6) is -0.278. The molecule has 0 saturated carbocycles. The van der Waals surface area contributed by atoms with Gasteiger partial charge in [0.2, 0.25) is 11.8 Å². The molecule has 1 aromatic heterocycles. The van der Waals surface area contributed by atoms with Crippen molar-refractivity contribution in [3.8, 4) is 5.75 Å². The lowest BCUT2D eigenvalue weighted by atomic mass is 9.81. The maximum Gasteiger partial charge on any atom is 0.416 e. The number of pyridine rings is 1. The quantitative estimate of drug-likeness (QED) is 0.266. The normalized spacial score (nSPS) is 19.1. The van der Waals surface area contributed by atoms with Gasteiger partial charge in [0.05, 0.1) is 19.6 Å². The Morgan fingerprint density at radius 1 is 1.02 bits per heavy atom. The van der Waals surface area contributed by atoms with Gasteiger partial charge in [-0.25, -0.2) is 14.6 Å². The fraction of sp³-hybridized carbons (Fsp3) is 0.447. The number of likely N-dealkylation sites (tertiary alicyclic amines) is 2. The van der Waals surface area contributed by atoms with Gasteiger partial charge >= 0.3 is 12.1 Å². The fourth-order valence-electron chi connectivity index (χ4n) is 6.37. The van der Waals surface area contributed by atoms with Gasteiger partial charge in [-0.3, -0.25) is 19.4 Å². The van der Waals surface area contributed by atoms with E-state index in [1.165, 1.54) is 4.90 Å². The summed E-state index contributed by atoms with van der Waals surface area (Å²) in [6.45, 7) is 8.98. The van der Waals surface area contributed by atoms with Crippen LogP contribution in [0.5, 0.6) is 5.75 Å². The van der Waals surface area contributed by atoms with Gasteiger partial charge in [0.1, 0.15) is 23.2 Å². The molecule has 260 valence electrons. The van der Waals surface area contributed by atoms with Crippen molar-refractivity contribution >= 4 is 29.8 Å². The maximum absolute atomic E-state index is 13.9. The third-order valence-corrected chi connectivity index (χ3v) is 8.86. The van der Waals surface area contributed by atoms with E-state index in [2.05, 4.69) is 22.4 Å². The monoisotopic (exact) mass is 669 g/mol. The second-order valence-electron chi connectivity index (χ2n) is 13.7. The van der Waals surface area contributed by atoms with Crippen LogP contribution in [-0.2, 0) is 27.3 Å². The van der Waals surface area contributed by atoms with Gasteiger partial charge in [0, 0.05) is 31.7 Å². The minimum atomic E-state index is -0.943. The molecule has 3 heterocycles. The summed E-state index contributed by atoms with van der Waals surface area (Å²) < 4.78 is 11.0. The second-order valence-corrected chi connectivity index (χ2v) is 13.7. The minimum absolute atomic E-state index is 0.166. The number of rotatable bonds is 10. The third kappa shape index (κ3) is 8.57. The van der Waals surface area contributed by atoms with Gasteiger partial charge < -0.3 is 19.7 Å². The third-order valence-electron chi connectivity index (χ3n) is 8.86. The summed E-state index contributed by atoms with van der Waals surface area (Å²) >= 11 is 0. The molecule has 2 fully saturated rings. The molecule has 2 aromatic carbocycles. The summed E-state index contributed by atoms with van der Waals surface area (Å²) in [5.41, 5.74) is 1.96. The second kappa shape index (κ2) is 15.5. The van der Waals surface area contributed by atoms with Crippen molar-refractivity contribution in [3.63, 3.8) is 0 Å². The van der Waals surface area contributed by atoms with Crippen LogP contribution in [0.1, 0.15) is 69.6 Å². The van der Waals surface area contributed by atoms with Crippen molar-refractivity contribution in [2.45, 2.75) is 77.5 Å². The highest BCUT2D eigenvalue weighted by Crippen LogP contribution is 2.35. The lowest BCUT2D eigenvalue weighted by Crippen LogP contribution is -2.71.